The zero-order valence-corrected chi connectivity index (χ0v) is 32.8. The third-order valence-electron chi connectivity index (χ3n) is 9.57. The molecule has 2 aromatic heterocycles. The van der Waals surface area contributed by atoms with Crippen molar-refractivity contribution in [2.24, 2.45) is 0 Å². The first-order valence-electron chi connectivity index (χ1n) is 18.5. The van der Waals surface area contributed by atoms with Crippen molar-refractivity contribution < 1.29 is 55.1 Å². The molecule has 300 valence electrons. The maximum atomic E-state index is 10.5. The normalized spacial score (nSPS) is 12.5. The number of phenolic OH excluding ortho intramolecular Hbond substituents is 4. The van der Waals surface area contributed by atoms with Gasteiger partial charge in [0.2, 0.25) is 0 Å². The first-order valence-corrected chi connectivity index (χ1v) is 20.1. The van der Waals surface area contributed by atoms with Gasteiger partial charge in [-0.25, -0.2) is 0 Å². The van der Waals surface area contributed by atoms with E-state index in [1.54, 1.807) is 109 Å². The summed E-state index contributed by atoms with van der Waals surface area (Å²) in [6.45, 7) is -1.31. The standard InChI is InChI=1S/C46H38O11S2/c47-21-31(53)23-55-33-11-15-39(37(19-33)43-35-13-9-29(51)17-41(35)58-45(43)25-1-5-27(49)6-2-25)57-40-16-12-34(56-24-32(54)22-48)20-38(40)44-36-14-10-30(52)18-42(36)59-46(44)26-3-7-28(50)8-4-26/h1-20,31-32,47-54H,21-24H2/t31-,32-/m1/s1. The minimum atomic E-state index is -1.11. The number of phenols is 4. The second-order valence-electron chi connectivity index (χ2n) is 13.8. The van der Waals surface area contributed by atoms with Gasteiger partial charge in [0.1, 0.15) is 71.4 Å². The van der Waals surface area contributed by atoms with Gasteiger partial charge in [-0.2, -0.15) is 0 Å². The number of rotatable bonds is 14. The van der Waals surface area contributed by atoms with E-state index in [2.05, 4.69) is 0 Å². The largest absolute Gasteiger partial charge is 0.508 e. The summed E-state index contributed by atoms with van der Waals surface area (Å²) in [5.74, 6) is 1.97. The monoisotopic (exact) mass is 830 g/mol. The van der Waals surface area contributed by atoms with Crippen molar-refractivity contribution in [2.45, 2.75) is 12.2 Å². The molecule has 0 aliphatic carbocycles. The van der Waals surface area contributed by atoms with Crippen LogP contribution < -0.4 is 14.2 Å². The van der Waals surface area contributed by atoms with Crippen LogP contribution in [0.1, 0.15) is 0 Å². The molecular formula is C46H38O11S2. The van der Waals surface area contributed by atoms with E-state index >= 15 is 0 Å². The lowest BCUT2D eigenvalue weighted by atomic mass is 9.96. The van der Waals surface area contributed by atoms with E-state index in [4.69, 9.17) is 14.2 Å². The Kier molecular flexibility index (Phi) is 11.3. The molecule has 8 N–H and O–H groups in total. The van der Waals surface area contributed by atoms with Crippen LogP contribution in [0.2, 0.25) is 0 Å². The Morgan fingerprint density at radius 1 is 0.458 bits per heavy atom. The van der Waals surface area contributed by atoms with Crippen LogP contribution in [0.3, 0.4) is 0 Å². The van der Waals surface area contributed by atoms with Gasteiger partial charge in [0.15, 0.2) is 0 Å². The van der Waals surface area contributed by atoms with Crippen LogP contribution in [-0.4, -0.2) is 79.5 Å². The van der Waals surface area contributed by atoms with Gasteiger partial charge in [0.25, 0.3) is 0 Å². The van der Waals surface area contributed by atoms with E-state index < -0.39 is 25.4 Å². The predicted molar refractivity (Wildman–Crippen MR) is 229 cm³/mol. The zero-order valence-electron chi connectivity index (χ0n) is 31.1. The molecule has 8 aromatic rings. The Bertz CT molecular complexity index is 2570. The van der Waals surface area contributed by atoms with Crippen LogP contribution in [0, 0.1) is 0 Å². The summed E-state index contributed by atoms with van der Waals surface area (Å²) >= 11 is 2.90. The number of aliphatic hydroxyl groups is 4. The Hall–Kier alpha value is -6.32. The van der Waals surface area contributed by atoms with Gasteiger partial charge in [0.05, 0.1) is 13.2 Å². The molecule has 59 heavy (non-hydrogen) atoms. The van der Waals surface area contributed by atoms with Crippen molar-refractivity contribution in [2.75, 3.05) is 26.4 Å². The molecule has 2 atom stereocenters. The quantitative estimate of drug-likeness (QED) is 0.0523. The number of thiophene rings is 2. The minimum Gasteiger partial charge on any atom is -0.508 e. The Morgan fingerprint density at radius 3 is 1.24 bits per heavy atom. The van der Waals surface area contributed by atoms with Gasteiger partial charge in [-0.05, 0) is 132 Å². The van der Waals surface area contributed by atoms with Gasteiger partial charge < -0.3 is 55.1 Å². The van der Waals surface area contributed by atoms with E-state index in [0.29, 0.717) is 34.1 Å². The second-order valence-corrected chi connectivity index (χ2v) is 15.9. The Morgan fingerprint density at radius 2 is 0.847 bits per heavy atom. The molecule has 0 spiro atoms. The molecule has 0 saturated heterocycles. The molecule has 13 heteroatoms. The Labute approximate surface area is 345 Å². The summed E-state index contributed by atoms with van der Waals surface area (Å²) in [7, 11) is 0. The van der Waals surface area contributed by atoms with Crippen LogP contribution >= 0.6 is 22.7 Å². The molecule has 0 amide bonds. The Balaban J connectivity index is 1.35. The maximum Gasteiger partial charge on any atom is 0.135 e. The van der Waals surface area contributed by atoms with Crippen LogP contribution in [0.25, 0.3) is 63.3 Å². The zero-order chi connectivity index (χ0) is 41.2. The van der Waals surface area contributed by atoms with Gasteiger partial charge in [-0.15, -0.1) is 22.7 Å². The van der Waals surface area contributed by atoms with Crippen molar-refractivity contribution in [3.05, 3.63) is 121 Å². The van der Waals surface area contributed by atoms with Crippen molar-refractivity contribution in [1.82, 2.24) is 0 Å². The van der Waals surface area contributed by atoms with Crippen molar-refractivity contribution in [1.29, 1.82) is 0 Å². The van der Waals surface area contributed by atoms with Gasteiger partial charge in [-0.3, -0.25) is 0 Å². The number of benzene rings is 6. The molecule has 0 bridgehead atoms. The molecule has 0 unspecified atom stereocenters. The summed E-state index contributed by atoms with van der Waals surface area (Å²) in [6, 6.07) is 34.3. The molecule has 11 nitrogen and oxygen atoms in total. The third-order valence-corrected chi connectivity index (χ3v) is 12.0. The van der Waals surface area contributed by atoms with Gasteiger partial charge >= 0.3 is 0 Å². The average Bonchev–Trinajstić information content (AvgIpc) is 3.81. The smallest absolute Gasteiger partial charge is 0.135 e. The highest BCUT2D eigenvalue weighted by Crippen LogP contribution is 2.53. The minimum absolute atomic E-state index is 0.0910. The van der Waals surface area contributed by atoms with Crippen molar-refractivity contribution in [3.8, 4) is 89.1 Å². The topological polar surface area (TPSA) is 190 Å². The maximum absolute atomic E-state index is 10.5. The highest BCUT2D eigenvalue weighted by atomic mass is 32.1. The van der Waals surface area contributed by atoms with E-state index in [-0.39, 0.29) is 36.2 Å². The fraction of sp³-hybridized carbons (Fsp3) is 0.130. The molecule has 6 aromatic carbocycles. The van der Waals surface area contributed by atoms with Crippen LogP contribution in [-0.2, 0) is 0 Å². The summed E-state index contributed by atoms with van der Waals surface area (Å²) in [5, 5.41) is 82.2. The molecule has 0 radical (unpaired) electrons. The van der Waals surface area contributed by atoms with Crippen molar-refractivity contribution >= 4 is 42.8 Å². The van der Waals surface area contributed by atoms with Crippen LogP contribution in [0.15, 0.2) is 121 Å². The second kappa shape index (κ2) is 16.9. The van der Waals surface area contributed by atoms with Crippen molar-refractivity contribution in [3.63, 3.8) is 0 Å². The third kappa shape index (κ3) is 8.34. The number of aliphatic hydroxyl groups excluding tert-OH is 4. The first-order chi connectivity index (χ1) is 28.6. The molecule has 0 fully saturated rings. The lowest BCUT2D eigenvalue weighted by Gasteiger charge is -2.19. The summed E-state index contributed by atoms with van der Waals surface area (Å²) in [6.07, 6.45) is -2.22. The predicted octanol–water partition coefficient (Wildman–Crippen LogP) is 8.86. The molecule has 0 aliphatic rings. The number of ether oxygens (including phenoxy) is 3. The highest BCUT2D eigenvalue weighted by Gasteiger charge is 2.25. The SMILES string of the molecule is OC[C@@H](O)COc1ccc(Oc2ccc(OC[C@H](O)CO)cc2-c2c(-c3ccc(O)cc3)sc3cc(O)ccc23)c(-c2c(-c3ccc(O)cc3)sc3cc(O)ccc23)c1. The molecule has 2 heterocycles. The first kappa shape index (κ1) is 39.5. The summed E-state index contributed by atoms with van der Waals surface area (Å²) in [5.41, 5.74) is 4.28. The molecule has 0 aliphatic heterocycles. The number of aromatic hydroxyl groups is 4. The molecule has 0 saturated carbocycles. The van der Waals surface area contributed by atoms with E-state index in [9.17, 15) is 40.9 Å². The van der Waals surface area contributed by atoms with E-state index in [1.165, 1.54) is 22.7 Å². The average molecular weight is 831 g/mol. The lowest BCUT2D eigenvalue weighted by Crippen LogP contribution is -2.21. The highest BCUT2D eigenvalue weighted by molar-refractivity contribution is 7.23. The summed E-state index contributed by atoms with van der Waals surface area (Å²) in [4.78, 5) is 1.63. The lowest BCUT2D eigenvalue weighted by molar-refractivity contribution is 0.0536. The molecular weight excluding hydrogens is 793 g/mol. The number of hydrogen-bond acceptors (Lipinski definition) is 13. The van der Waals surface area contributed by atoms with Crippen LogP contribution in [0.4, 0.5) is 0 Å². The fourth-order valence-electron chi connectivity index (χ4n) is 6.71. The molecule has 8 rings (SSSR count). The fourth-order valence-corrected chi connectivity index (χ4v) is 9.22. The van der Waals surface area contributed by atoms with Crippen LogP contribution in [0.5, 0.6) is 46.0 Å². The number of hydrogen-bond donors (Lipinski definition) is 8. The van der Waals surface area contributed by atoms with Gasteiger partial charge in [0, 0.05) is 52.2 Å². The summed E-state index contributed by atoms with van der Waals surface area (Å²) < 4.78 is 20.5. The van der Waals surface area contributed by atoms with E-state index in [1.807, 2.05) is 12.1 Å². The number of fused-ring (bicyclic) bond motifs is 2. The van der Waals surface area contributed by atoms with E-state index in [0.717, 1.165) is 52.2 Å². The van der Waals surface area contributed by atoms with Gasteiger partial charge in [-0.1, -0.05) is 0 Å².